The highest BCUT2D eigenvalue weighted by Crippen LogP contribution is 2.33. The van der Waals surface area contributed by atoms with E-state index in [0.29, 0.717) is 6.04 Å². The van der Waals surface area contributed by atoms with Gasteiger partial charge < -0.3 is 9.64 Å². The van der Waals surface area contributed by atoms with Crippen molar-refractivity contribution in [2.75, 3.05) is 13.7 Å². The third kappa shape index (κ3) is 4.30. The summed E-state index contributed by atoms with van der Waals surface area (Å²) < 4.78 is 5.29. The second-order valence-corrected chi connectivity index (χ2v) is 7.88. The highest BCUT2D eigenvalue weighted by atomic mass is 16.5. The maximum atomic E-state index is 5.29. The van der Waals surface area contributed by atoms with E-state index in [1.54, 1.807) is 7.11 Å². The fraction of sp³-hybridized carbons (Fsp3) is 0.417. The molecule has 0 amide bonds. The first-order valence-electron chi connectivity index (χ1n) is 9.59. The maximum absolute atomic E-state index is 5.29. The molecular formula is C24H31NO. The van der Waals surface area contributed by atoms with Gasteiger partial charge in [-0.05, 0) is 79.6 Å². The molecule has 2 aliphatic rings. The summed E-state index contributed by atoms with van der Waals surface area (Å²) in [5.41, 5.74) is 4.51. The molecule has 2 atom stereocenters. The quantitative estimate of drug-likeness (QED) is 0.654. The van der Waals surface area contributed by atoms with Crippen molar-refractivity contribution in [2.45, 2.75) is 46.1 Å². The van der Waals surface area contributed by atoms with E-state index in [2.05, 4.69) is 86.5 Å². The Balaban J connectivity index is 1.71. The molecule has 0 saturated heterocycles. The van der Waals surface area contributed by atoms with E-state index in [4.69, 9.17) is 4.74 Å². The number of benzene rings is 1. The molecule has 0 bridgehead atoms. The molecule has 2 nitrogen and oxygen atoms in total. The molecule has 1 aromatic carbocycles. The summed E-state index contributed by atoms with van der Waals surface area (Å²) in [6, 6.07) is 8.93. The normalized spacial score (nSPS) is 25.1. The van der Waals surface area contributed by atoms with Crippen LogP contribution >= 0.6 is 0 Å². The fourth-order valence-electron chi connectivity index (χ4n) is 3.78. The van der Waals surface area contributed by atoms with Crippen molar-refractivity contribution in [1.82, 2.24) is 4.90 Å². The van der Waals surface area contributed by atoms with E-state index in [9.17, 15) is 0 Å². The summed E-state index contributed by atoms with van der Waals surface area (Å²) >= 11 is 0. The smallest absolute Gasteiger partial charge is 0.118 e. The standard InChI is InChI=1S/C24H31NO/c1-19-12-16-25(17-15-24(3)13-6-5-7-14-24)23(20(19)2)18-21-8-10-22(26-4)11-9-21/h5-13,16,23H,14-15,17-18H2,1-4H3. The second-order valence-electron chi connectivity index (χ2n) is 7.88. The van der Waals surface area contributed by atoms with Gasteiger partial charge in [0.15, 0.2) is 0 Å². The Morgan fingerprint density at radius 3 is 2.58 bits per heavy atom. The molecule has 1 heterocycles. The van der Waals surface area contributed by atoms with Crippen LogP contribution in [0.1, 0.15) is 39.2 Å². The molecule has 0 N–H and O–H groups in total. The number of rotatable bonds is 6. The summed E-state index contributed by atoms with van der Waals surface area (Å²) in [5, 5.41) is 0. The van der Waals surface area contributed by atoms with Crippen molar-refractivity contribution in [3.63, 3.8) is 0 Å². The third-order valence-corrected chi connectivity index (χ3v) is 5.90. The average molecular weight is 350 g/mol. The Hall–Kier alpha value is -2.22. The molecule has 1 aliphatic heterocycles. The lowest BCUT2D eigenvalue weighted by molar-refractivity contribution is 0.251. The Morgan fingerprint density at radius 2 is 1.92 bits per heavy atom. The van der Waals surface area contributed by atoms with Gasteiger partial charge in [0.1, 0.15) is 5.75 Å². The van der Waals surface area contributed by atoms with Gasteiger partial charge in [-0.15, -0.1) is 0 Å². The van der Waals surface area contributed by atoms with Crippen LogP contribution in [0.25, 0.3) is 0 Å². The van der Waals surface area contributed by atoms with Gasteiger partial charge in [0.25, 0.3) is 0 Å². The van der Waals surface area contributed by atoms with Crippen molar-refractivity contribution >= 4 is 0 Å². The summed E-state index contributed by atoms with van der Waals surface area (Å²) in [5.74, 6) is 0.919. The third-order valence-electron chi connectivity index (χ3n) is 5.90. The van der Waals surface area contributed by atoms with Crippen molar-refractivity contribution in [3.8, 4) is 5.75 Å². The highest BCUT2D eigenvalue weighted by molar-refractivity contribution is 5.34. The second kappa shape index (κ2) is 7.99. The molecule has 1 aromatic rings. The first-order chi connectivity index (χ1) is 12.5. The van der Waals surface area contributed by atoms with Crippen LogP contribution in [0.4, 0.5) is 0 Å². The number of allylic oxidation sites excluding steroid dienone is 6. The fourth-order valence-corrected chi connectivity index (χ4v) is 3.78. The first-order valence-corrected chi connectivity index (χ1v) is 9.59. The summed E-state index contributed by atoms with van der Waals surface area (Å²) in [4.78, 5) is 2.53. The van der Waals surface area contributed by atoms with Crippen molar-refractivity contribution < 1.29 is 4.74 Å². The van der Waals surface area contributed by atoms with Gasteiger partial charge in [0.2, 0.25) is 0 Å². The largest absolute Gasteiger partial charge is 0.497 e. The van der Waals surface area contributed by atoms with Crippen LogP contribution in [0.3, 0.4) is 0 Å². The molecule has 0 radical (unpaired) electrons. The Bertz CT molecular complexity index is 738. The molecular weight excluding hydrogens is 318 g/mol. The topological polar surface area (TPSA) is 12.5 Å². The van der Waals surface area contributed by atoms with Crippen molar-refractivity contribution in [3.05, 3.63) is 77.6 Å². The van der Waals surface area contributed by atoms with Gasteiger partial charge in [-0.3, -0.25) is 0 Å². The lowest BCUT2D eigenvalue weighted by Gasteiger charge is -2.38. The zero-order valence-corrected chi connectivity index (χ0v) is 16.5. The van der Waals surface area contributed by atoms with Crippen LogP contribution < -0.4 is 4.74 Å². The number of methoxy groups -OCH3 is 1. The van der Waals surface area contributed by atoms with E-state index in [1.807, 2.05) is 0 Å². The minimum atomic E-state index is 0.275. The Labute approximate surface area is 158 Å². The average Bonchev–Trinajstić information content (AvgIpc) is 2.66. The molecule has 1 aliphatic carbocycles. The van der Waals surface area contributed by atoms with Crippen molar-refractivity contribution in [2.24, 2.45) is 5.41 Å². The monoisotopic (exact) mass is 349 g/mol. The summed E-state index contributed by atoms with van der Waals surface area (Å²) in [6.45, 7) is 7.95. The molecule has 2 heteroatoms. The molecule has 2 unspecified atom stereocenters. The van der Waals surface area contributed by atoms with Crippen LogP contribution in [0, 0.1) is 5.41 Å². The lowest BCUT2D eigenvalue weighted by atomic mass is 9.80. The van der Waals surface area contributed by atoms with E-state index in [0.717, 1.165) is 25.1 Å². The molecule has 0 spiro atoms. The summed E-state index contributed by atoms with van der Waals surface area (Å²) in [6.07, 6.45) is 16.9. The minimum Gasteiger partial charge on any atom is -0.497 e. The van der Waals surface area contributed by atoms with Crippen LogP contribution in [-0.4, -0.2) is 24.6 Å². The van der Waals surface area contributed by atoms with Crippen LogP contribution in [0.2, 0.25) is 0 Å². The Kier molecular flexibility index (Phi) is 5.70. The molecule has 0 aromatic heterocycles. The van der Waals surface area contributed by atoms with Crippen LogP contribution in [0.5, 0.6) is 5.75 Å². The van der Waals surface area contributed by atoms with Gasteiger partial charge in [-0.2, -0.15) is 0 Å². The predicted molar refractivity (Wildman–Crippen MR) is 110 cm³/mol. The van der Waals surface area contributed by atoms with Crippen LogP contribution in [-0.2, 0) is 6.42 Å². The van der Waals surface area contributed by atoms with Gasteiger partial charge in [0, 0.05) is 6.54 Å². The van der Waals surface area contributed by atoms with Gasteiger partial charge in [0.05, 0.1) is 13.2 Å². The number of ether oxygens (including phenoxy) is 1. The lowest BCUT2D eigenvalue weighted by Crippen LogP contribution is -2.38. The molecule has 0 saturated carbocycles. The van der Waals surface area contributed by atoms with Gasteiger partial charge >= 0.3 is 0 Å². The SMILES string of the molecule is COc1ccc(CC2C(C)=C(C)C=CN2CCC2(C)C=CC=CC2)cc1. The van der Waals surface area contributed by atoms with E-state index in [-0.39, 0.29) is 5.41 Å². The number of nitrogens with zero attached hydrogens (tertiary/aromatic N) is 1. The predicted octanol–water partition coefficient (Wildman–Crippen LogP) is 5.68. The zero-order chi connectivity index (χ0) is 18.6. The van der Waals surface area contributed by atoms with Crippen LogP contribution in [0.15, 0.2) is 72.0 Å². The first kappa shape index (κ1) is 18.6. The highest BCUT2D eigenvalue weighted by Gasteiger charge is 2.26. The maximum Gasteiger partial charge on any atom is 0.118 e. The Morgan fingerprint density at radius 1 is 1.15 bits per heavy atom. The van der Waals surface area contributed by atoms with E-state index in [1.165, 1.54) is 23.1 Å². The molecule has 26 heavy (non-hydrogen) atoms. The minimum absolute atomic E-state index is 0.275. The van der Waals surface area contributed by atoms with Gasteiger partial charge in [-0.25, -0.2) is 0 Å². The number of hydrogen-bond acceptors (Lipinski definition) is 2. The van der Waals surface area contributed by atoms with Gasteiger partial charge in [-0.1, -0.05) is 43.4 Å². The summed E-state index contributed by atoms with van der Waals surface area (Å²) in [7, 11) is 1.72. The zero-order valence-electron chi connectivity index (χ0n) is 16.5. The number of hydrogen-bond donors (Lipinski definition) is 0. The van der Waals surface area contributed by atoms with E-state index >= 15 is 0 Å². The molecule has 0 fully saturated rings. The van der Waals surface area contributed by atoms with Crippen molar-refractivity contribution in [1.29, 1.82) is 0 Å². The molecule has 3 rings (SSSR count). The van der Waals surface area contributed by atoms with E-state index < -0.39 is 0 Å². The molecule has 138 valence electrons.